The van der Waals surface area contributed by atoms with E-state index in [1.54, 1.807) is 0 Å². The van der Waals surface area contributed by atoms with Crippen molar-refractivity contribution in [2.45, 2.75) is 12.8 Å². The third-order valence-corrected chi connectivity index (χ3v) is 4.26. The van der Waals surface area contributed by atoms with Gasteiger partial charge in [-0.25, -0.2) is 4.98 Å². The maximum Gasteiger partial charge on any atom is 0.227 e. The van der Waals surface area contributed by atoms with E-state index < -0.39 is 0 Å². The summed E-state index contributed by atoms with van der Waals surface area (Å²) in [5, 5.41) is 3.14. The van der Waals surface area contributed by atoms with Crippen LogP contribution in [0.25, 0.3) is 11.3 Å². The van der Waals surface area contributed by atoms with Gasteiger partial charge in [0.2, 0.25) is 5.95 Å². The van der Waals surface area contributed by atoms with E-state index in [9.17, 15) is 0 Å². The molecule has 0 radical (unpaired) electrons. The number of halogens is 1. The number of nitrogens with zero attached hydrogens (tertiary/aromatic N) is 3. The van der Waals surface area contributed by atoms with Gasteiger partial charge in [-0.1, -0.05) is 30.3 Å². The Morgan fingerprint density at radius 1 is 1.10 bits per heavy atom. The standard InChI is InChI=1S/C15H17BrN4/c1-17-14-12(16)13(11-7-3-2-4-8-11)18-15(19-14)20-9-5-6-10-20/h2-4,7-8H,5-6,9-10H2,1H3,(H,17,18,19). The van der Waals surface area contributed by atoms with Gasteiger partial charge in [0.15, 0.2) is 0 Å². The molecule has 1 N–H and O–H groups in total. The molecule has 0 amide bonds. The summed E-state index contributed by atoms with van der Waals surface area (Å²) in [5.41, 5.74) is 2.03. The summed E-state index contributed by atoms with van der Waals surface area (Å²) in [6.45, 7) is 2.08. The fourth-order valence-electron chi connectivity index (χ4n) is 2.45. The lowest BCUT2D eigenvalue weighted by Crippen LogP contribution is -2.21. The Kier molecular flexibility index (Phi) is 3.87. The average molecular weight is 333 g/mol. The molecule has 1 fully saturated rings. The Bertz CT molecular complexity index is 594. The molecular formula is C15H17BrN4. The molecule has 1 aromatic heterocycles. The van der Waals surface area contributed by atoms with Crippen LogP contribution in [0.4, 0.5) is 11.8 Å². The van der Waals surface area contributed by atoms with Gasteiger partial charge in [-0.2, -0.15) is 4.98 Å². The van der Waals surface area contributed by atoms with E-state index in [0.29, 0.717) is 0 Å². The molecule has 0 spiro atoms. The van der Waals surface area contributed by atoms with E-state index >= 15 is 0 Å². The molecule has 2 heterocycles. The van der Waals surface area contributed by atoms with Gasteiger partial charge < -0.3 is 10.2 Å². The summed E-state index contributed by atoms with van der Waals surface area (Å²) >= 11 is 3.61. The average Bonchev–Trinajstić information content (AvgIpc) is 3.03. The molecule has 1 saturated heterocycles. The number of hydrogen-bond donors (Lipinski definition) is 1. The Balaban J connectivity index is 2.10. The quantitative estimate of drug-likeness (QED) is 0.933. The molecule has 3 rings (SSSR count). The summed E-state index contributed by atoms with van der Waals surface area (Å²) in [6.07, 6.45) is 2.43. The topological polar surface area (TPSA) is 41.1 Å². The second-order valence-electron chi connectivity index (χ2n) is 4.84. The minimum absolute atomic E-state index is 0.814. The molecule has 0 saturated carbocycles. The lowest BCUT2D eigenvalue weighted by Gasteiger charge is -2.18. The number of hydrogen-bond acceptors (Lipinski definition) is 4. The first-order valence-corrected chi connectivity index (χ1v) is 7.64. The van der Waals surface area contributed by atoms with Crippen LogP contribution in [0.2, 0.25) is 0 Å². The van der Waals surface area contributed by atoms with Crippen molar-refractivity contribution in [1.82, 2.24) is 9.97 Å². The second kappa shape index (κ2) is 5.79. The van der Waals surface area contributed by atoms with Gasteiger partial charge in [-0.15, -0.1) is 0 Å². The van der Waals surface area contributed by atoms with E-state index in [1.165, 1.54) is 12.8 Å². The van der Waals surface area contributed by atoms with Crippen LogP contribution in [-0.2, 0) is 0 Å². The lowest BCUT2D eigenvalue weighted by molar-refractivity contribution is 0.899. The second-order valence-corrected chi connectivity index (χ2v) is 5.64. The molecule has 1 aromatic carbocycles. The van der Waals surface area contributed by atoms with Crippen LogP contribution in [0.5, 0.6) is 0 Å². The number of anilines is 2. The highest BCUT2D eigenvalue weighted by Gasteiger charge is 2.19. The van der Waals surface area contributed by atoms with E-state index in [0.717, 1.165) is 40.6 Å². The molecule has 0 unspecified atom stereocenters. The van der Waals surface area contributed by atoms with Crippen LogP contribution < -0.4 is 10.2 Å². The zero-order valence-corrected chi connectivity index (χ0v) is 13.0. The maximum atomic E-state index is 4.76. The van der Waals surface area contributed by atoms with Crippen molar-refractivity contribution in [1.29, 1.82) is 0 Å². The first kappa shape index (κ1) is 13.4. The van der Waals surface area contributed by atoms with Crippen molar-refractivity contribution in [2.24, 2.45) is 0 Å². The molecule has 2 aromatic rings. The molecule has 4 nitrogen and oxygen atoms in total. The van der Waals surface area contributed by atoms with Crippen LogP contribution in [0.1, 0.15) is 12.8 Å². The third-order valence-electron chi connectivity index (χ3n) is 3.51. The molecule has 20 heavy (non-hydrogen) atoms. The summed E-state index contributed by atoms with van der Waals surface area (Å²) < 4.78 is 0.911. The van der Waals surface area contributed by atoms with Crippen molar-refractivity contribution in [3.63, 3.8) is 0 Å². The van der Waals surface area contributed by atoms with Crippen molar-refractivity contribution in [3.8, 4) is 11.3 Å². The SMILES string of the molecule is CNc1nc(N2CCCC2)nc(-c2ccccc2)c1Br. The molecule has 1 aliphatic rings. The number of benzene rings is 1. The minimum Gasteiger partial charge on any atom is -0.372 e. The number of nitrogens with one attached hydrogen (secondary N) is 1. The Morgan fingerprint density at radius 3 is 2.45 bits per heavy atom. The Morgan fingerprint density at radius 2 is 1.80 bits per heavy atom. The van der Waals surface area contributed by atoms with Gasteiger partial charge in [0.25, 0.3) is 0 Å². The van der Waals surface area contributed by atoms with E-state index in [4.69, 9.17) is 4.98 Å². The summed E-state index contributed by atoms with van der Waals surface area (Å²) in [5.74, 6) is 1.65. The van der Waals surface area contributed by atoms with Crippen LogP contribution in [0.15, 0.2) is 34.8 Å². The van der Waals surface area contributed by atoms with Crippen LogP contribution in [0.3, 0.4) is 0 Å². The van der Waals surface area contributed by atoms with Gasteiger partial charge in [0.1, 0.15) is 5.82 Å². The zero-order chi connectivity index (χ0) is 13.9. The molecule has 0 bridgehead atoms. The molecule has 0 atom stereocenters. The fourth-order valence-corrected chi connectivity index (χ4v) is 3.05. The third kappa shape index (κ3) is 2.50. The Hall–Kier alpha value is -1.62. The highest BCUT2D eigenvalue weighted by Crippen LogP contribution is 2.33. The van der Waals surface area contributed by atoms with E-state index in [1.807, 2.05) is 25.2 Å². The molecular weight excluding hydrogens is 316 g/mol. The number of aromatic nitrogens is 2. The van der Waals surface area contributed by atoms with Gasteiger partial charge in [-0.05, 0) is 28.8 Å². The number of rotatable bonds is 3. The summed E-state index contributed by atoms with van der Waals surface area (Å²) in [6, 6.07) is 10.2. The first-order valence-electron chi connectivity index (χ1n) is 6.85. The minimum atomic E-state index is 0.814. The van der Waals surface area contributed by atoms with Crippen LogP contribution in [-0.4, -0.2) is 30.1 Å². The van der Waals surface area contributed by atoms with Crippen molar-refractivity contribution in [3.05, 3.63) is 34.8 Å². The monoisotopic (exact) mass is 332 g/mol. The van der Waals surface area contributed by atoms with Gasteiger partial charge >= 0.3 is 0 Å². The maximum absolute atomic E-state index is 4.76. The van der Waals surface area contributed by atoms with Gasteiger partial charge in [0.05, 0.1) is 10.2 Å². The summed E-state index contributed by atoms with van der Waals surface area (Å²) in [4.78, 5) is 11.6. The van der Waals surface area contributed by atoms with Gasteiger partial charge in [-0.3, -0.25) is 0 Å². The smallest absolute Gasteiger partial charge is 0.227 e. The molecule has 0 aliphatic carbocycles. The fraction of sp³-hybridized carbons (Fsp3) is 0.333. The largest absolute Gasteiger partial charge is 0.372 e. The van der Waals surface area contributed by atoms with Crippen molar-refractivity contribution in [2.75, 3.05) is 30.4 Å². The first-order chi connectivity index (χ1) is 9.79. The molecule has 1 aliphatic heterocycles. The van der Waals surface area contributed by atoms with E-state index in [-0.39, 0.29) is 0 Å². The lowest BCUT2D eigenvalue weighted by atomic mass is 10.1. The van der Waals surface area contributed by atoms with Crippen molar-refractivity contribution < 1.29 is 0 Å². The summed E-state index contributed by atoms with van der Waals surface area (Å²) in [7, 11) is 1.88. The molecule has 104 valence electrons. The highest BCUT2D eigenvalue weighted by molar-refractivity contribution is 9.10. The predicted octanol–water partition coefficient (Wildman–Crippen LogP) is 3.55. The van der Waals surface area contributed by atoms with Crippen LogP contribution in [0, 0.1) is 0 Å². The zero-order valence-electron chi connectivity index (χ0n) is 11.4. The Labute approximate surface area is 127 Å². The van der Waals surface area contributed by atoms with Gasteiger partial charge in [0, 0.05) is 25.7 Å². The normalized spacial score (nSPS) is 14.6. The highest BCUT2D eigenvalue weighted by atomic mass is 79.9. The van der Waals surface area contributed by atoms with E-state index in [2.05, 4.69) is 43.3 Å². The molecule has 5 heteroatoms. The van der Waals surface area contributed by atoms with Crippen LogP contribution >= 0.6 is 15.9 Å². The predicted molar refractivity (Wildman–Crippen MR) is 86.2 cm³/mol. The van der Waals surface area contributed by atoms with Crippen molar-refractivity contribution >= 4 is 27.7 Å².